The maximum Gasteiger partial charge on any atom is 0.264 e. The predicted molar refractivity (Wildman–Crippen MR) is 182 cm³/mol. The summed E-state index contributed by atoms with van der Waals surface area (Å²) >= 11 is 0. The van der Waals surface area contributed by atoms with Crippen molar-refractivity contribution in [1.29, 1.82) is 0 Å². The van der Waals surface area contributed by atoms with Crippen LogP contribution < -0.4 is 4.90 Å². The highest BCUT2D eigenvalue weighted by Crippen LogP contribution is 2.25. The van der Waals surface area contributed by atoms with Crippen molar-refractivity contribution in [3.63, 3.8) is 0 Å². The van der Waals surface area contributed by atoms with Crippen LogP contribution in [0.15, 0.2) is 66.4 Å². The number of anilines is 1. The van der Waals surface area contributed by atoms with Gasteiger partial charge in [-0.1, -0.05) is 114 Å². The van der Waals surface area contributed by atoms with Gasteiger partial charge in [-0.3, -0.25) is 4.55 Å². The van der Waals surface area contributed by atoms with Gasteiger partial charge in [0.05, 0.1) is 5.75 Å². The number of benzene rings is 2. The molecule has 0 amide bonds. The van der Waals surface area contributed by atoms with E-state index in [1.165, 1.54) is 99.1 Å². The molecule has 0 fully saturated rings. The Morgan fingerprint density at radius 2 is 1.40 bits per heavy atom. The molecule has 0 aromatic heterocycles. The van der Waals surface area contributed by atoms with Crippen LogP contribution in [-0.2, 0) is 10.1 Å². The summed E-state index contributed by atoms with van der Waals surface area (Å²) in [7, 11) is -3.89. The van der Waals surface area contributed by atoms with Crippen LogP contribution in [0.2, 0.25) is 0 Å². The van der Waals surface area contributed by atoms with Gasteiger partial charge in [-0.2, -0.15) is 8.42 Å². The second kappa shape index (κ2) is 18.9. The van der Waals surface area contributed by atoms with Gasteiger partial charge in [0.25, 0.3) is 10.1 Å². The third kappa shape index (κ3) is 13.2. The molecule has 0 aliphatic carbocycles. The summed E-state index contributed by atoms with van der Waals surface area (Å²) in [5, 5.41) is 2.55. The van der Waals surface area contributed by atoms with Gasteiger partial charge in [0.1, 0.15) is 0 Å². The van der Waals surface area contributed by atoms with Crippen molar-refractivity contribution in [2.24, 2.45) is 0 Å². The highest BCUT2D eigenvalue weighted by Gasteiger charge is 2.09. The molecule has 1 aliphatic rings. The predicted octanol–water partition coefficient (Wildman–Crippen LogP) is 9.41. The van der Waals surface area contributed by atoms with Crippen LogP contribution in [-0.4, -0.2) is 49.8 Å². The maximum absolute atomic E-state index is 10.9. The lowest BCUT2D eigenvalue weighted by Crippen LogP contribution is -2.25. The molecule has 1 N–H and O–H groups in total. The Kier molecular flexibility index (Phi) is 15.2. The molecule has 0 bridgehead atoms. The molecule has 5 nitrogen and oxygen atoms in total. The number of allylic oxidation sites excluding steroid dienone is 3. The number of fused-ring (bicyclic) bond motifs is 1. The molecule has 6 heteroatoms. The molecule has 0 saturated carbocycles. The van der Waals surface area contributed by atoms with Crippen molar-refractivity contribution < 1.29 is 13.0 Å². The molecule has 2 aromatic carbocycles. The first kappa shape index (κ1) is 33.9. The summed E-state index contributed by atoms with van der Waals surface area (Å²) in [6.07, 6.45) is 26.8. The summed E-state index contributed by atoms with van der Waals surface area (Å²) in [6.45, 7) is 8.19. The van der Waals surface area contributed by atoms with Crippen LogP contribution in [0.1, 0.15) is 103 Å². The smallest absolute Gasteiger partial charge is 0.264 e. The van der Waals surface area contributed by atoms with E-state index in [1.807, 2.05) is 12.3 Å². The minimum absolute atomic E-state index is 0.201. The fourth-order valence-electron chi connectivity index (χ4n) is 5.56. The molecule has 3 rings (SSSR count). The van der Waals surface area contributed by atoms with Crippen molar-refractivity contribution in [2.75, 3.05) is 36.8 Å². The molecule has 0 unspecified atom stereocenters. The van der Waals surface area contributed by atoms with Crippen LogP contribution in [0.4, 0.5) is 5.69 Å². The Morgan fingerprint density at radius 3 is 2.02 bits per heavy atom. The van der Waals surface area contributed by atoms with E-state index in [9.17, 15) is 8.42 Å². The van der Waals surface area contributed by atoms with Crippen molar-refractivity contribution in [3.05, 3.63) is 72.0 Å². The average Bonchev–Trinajstić information content (AvgIpc) is 2.98. The Hall–Kier alpha value is -2.57. The lowest BCUT2D eigenvalue weighted by molar-refractivity contribution is 0.405. The molecule has 2 aromatic rings. The van der Waals surface area contributed by atoms with Gasteiger partial charge < -0.3 is 9.80 Å². The van der Waals surface area contributed by atoms with E-state index >= 15 is 0 Å². The van der Waals surface area contributed by atoms with E-state index in [1.54, 1.807) is 0 Å². The van der Waals surface area contributed by atoms with Crippen LogP contribution in [0, 0.1) is 0 Å². The number of rotatable bonds is 21. The molecular formula is C36H54N2O3S. The van der Waals surface area contributed by atoms with Crippen LogP contribution in [0.3, 0.4) is 0 Å². The maximum atomic E-state index is 10.9. The van der Waals surface area contributed by atoms with Crippen molar-refractivity contribution in [3.8, 4) is 0 Å². The molecule has 42 heavy (non-hydrogen) atoms. The topological polar surface area (TPSA) is 60.9 Å². The first-order valence-electron chi connectivity index (χ1n) is 16.4. The molecule has 0 radical (unpaired) electrons. The number of unbranched alkanes of at least 4 members (excludes halogenated alkanes) is 10. The number of hydrogen-bond donors (Lipinski definition) is 1. The number of hydrogen-bond acceptors (Lipinski definition) is 4. The zero-order chi connectivity index (χ0) is 30.0. The van der Waals surface area contributed by atoms with Crippen LogP contribution >= 0.6 is 0 Å². The normalized spacial score (nSPS) is 13.8. The lowest BCUT2D eigenvalue weighted by atomic mass is 10.0. The van der Waals surface area contributed by atoms with Gasteiger partial charge in [-0.25, -0.2) is 0 Å². The van der Waals surface area contributed by atoms with E-state index in [4.69, 9.17) is 4.55 Å². The van der Waals surface area contributed by atoms with Gasteiger partial charge in [-0.15, -0.1) is 0 Å². The van der Waals surface area contributed by atoms with Crippen molar-refractivity contribution >= 4 is 32.7 Å². The zero-order valence-corrected chi connectivity index (χ0v) is 27.0. The van der Waals surface area contributed by atoms with Gasteiger partial charge in [-0.05, 0) is 71.6 Å². The fraction of sp³-hybridized carbons (Fsp3) is 0.556. The summed E-state index contributed by atoms with van der Waals surface area (Å²) in [5.74, 6) is -0.201. The van der Waals surface area contributed by atoms with Crippen LogP contribution in [0.25, 0.3) is 16.8 Å². The molecular weight excluding hydrogens is 540 g/mol. The van der Waals surface area contributed by atoms with E-state index in [0.29, 0.717) is 13.0 Å². The largest absolute Gasteiger partial charge is 0.374 e. The third-order valence-corrected chi connectivity index (χ3v) is 8.94. The quantitative estimate of drug-likeness (QED) is 0.115. The number of nitrogens with zero attached hydrogens (tertiary/aromatic N) is 2. The van der Waals surface area contributed by atoms with Crippen LogP contribution in [0.5, 0.6) is 0 Å². The Bertz CT molecular complexity index is 1250. The van der Waals surface area contributed by atoms with Gasteiger partial charge in [0.15, 0.2) is 0 Å². The lowest BCUT2D eigenvalue weighted by Gasteiger charge is -2.25. The first-order valence-corrected chi connectivity index (χ1v) is 18.0. The SMILES string of the molecule is CCCCCCCCN(CCCCCCCC)c1ccc2cc(C=CC3=CCN(CCCS(=O)(=O)O)C=C3)ccc2c1. The zero-order valence-electron chi connectivity index (χ0n) is 26.1. The Labute approximate surface area is 256 Å². The third-order valence-electron chi connectivity index (χ3n) is 8.13. The highest BCUT2D eigenvalue weighted by molar-refractivity contribution is 7.85. The van der Waals surface area contributed by atoms with Gasteiger partial charge in [0.2, 0.25) is 0 Å². The summed E-state index contributed by atoms with van der Waals surface area (Å²) < 4.78 is 30.7. The second-order valence-corrected chi connectivity index (χ2v) is 13.4. The molecule has 1 heterocycles. The summed E-state index contributed by atoms with van der Waals surface area (Å²) in [5.41, 5.74) is 3.67. The fourth-order valence-corrected chi connectivity index (χ4v) is 6.06. The average molecular weight is 595 g/mol. The van der Waals surface area contributed by atoms with Crippen molar-refractivity contribution in [1.82, 2.24) is 4.90 Å². The molecule has 0 atom stereocenters. The molecule has 1 aliphatic heterocycles. The minimum atomic E-state index is -3.89. The van der Waals surface area contributed by atoms with E-state index in [2.05, 4.69) is 78.3 Å². The molecule has 0 saturated heterocycles. The van der Waals surface area contributed by atoms with Gasteiger partial charge >= 0.3 is 0 Å². The first-order chi connectivity index (χ1) is 20.4. The molecule has 232 valence electrons. The van der Waals surface area contributed by atoms with E-state index in [-0.39, 0.29) is 5.75 Å². The molecule has 0 spiro atoms. The minimum Gasteiger partial charge on any atom is -0.374 e. The second-order valence-electron chi connectivity index (χ2n) is 11.8. The summed E-state index contributed by atoms with van der Waals surface area (Å²) in [6, 6.07) is 13.7. The van der Waals surface area contributed by atoms with Crippen molar-refractivity contribution in [2.45, 2.75) is 97.3 Å². The summed E-state index contributed by atoms with van der Waals surface area (Å²) in [4.78, 5) is 4.68. The van der Waals surface area contributed by atoms with E-state index in [0.717, 1.165) is 25.2 Å². The highest BCUT2D eigenvalue weighted by atomic mass is 32.2. The van der Waals surface area contributed by atoms with E-state index < -0.39 is 10.1 Å². The Morgan fingerprint density at radius 1 is 0.786 bits per heavy atom. The monoisotopic (exact) mass is 594 g/mol. The van der Waals surface area contributed by atoms with Gasteiger partial charge in [0, 0.05) is 31.9 Å². The standard InChI is InChI=1S/C36H54N2O3S/c1-3-5-7-9-11-13-25-38(26-14-12-10-8-6-4-2)36-21-20-34-30-33(18-19-35(34)31-36)17-16-32-22-27-37(28-23-32)24-15-29-42(39,40)41/h16-23,27,30-31H,3-15,24-26,28-29H2,1-2H3,(H,39,40,41). The Balaban J connectivity index is 1.57.